The van der Waals surface area contributed by atoms with Crippen LogP contribution in [0.1, 0.15) is 0 Å². The summed E-state index contributed by atoms with van der Waals surface area (Å²) in [5.41, 5.74) is 3.47. The van der Waals surface area contributed by atoms with E-state index in [-0.39, 0.29) is 0 Å². The molecule has 0 aliphatic carbocycles. The van der Waals surface area contributed by atoms with E-state index in [1.807, 2.05) is 43.3 Å². The van der Waals surface area contributed by atoms with Gasteiger partial charge in [0.05, 0.1) is 11.7 Å². The van der Waals surface area contributed by atoms with Crippen molar-refractivity contribution in [3.05, 3.63) is 42.4 Å². The van der Waals surface area contributed by atoms with Crippen molar-refractivity contribution < 1.29 is 14.2 Å². The van der Waals surface area contributed by atoms with E-state index in [1.165, 1.54) is 11.3 Å². The first kappa shape index (κ1) is 16.8. The molecule has 0 aliphatic rings. The Kier molecular flexibility index (Phi) is 5.93. The molecule has 23 heavy (non-hydrogen) atoms. The monoisotopic (exact) mass is 332 g/mol. The summed E-state index contributed by atoms with van der Waals surface area (Å²) in [6, 6.07) is 7.64. The fraction of sp³-hybridized carbons (Fsp3) is 0.267. The van der Waals surface area contributed by atoms with E-state index in [0.29, 0.717) is 13.2 Å². The SMILES string of the molecule is C=CC(=O)OCCN(C)c1ccc(N=Nc2scn[n+]2C)cc1. The van der Waals surface area contributed by atoms with Crippen molar-refractivity contribution in [1.82, 2.24) is 5.10 Å². The van der Waals surface area contributed by atoms with Gasteiger partial charge < -0.3 is 9.64 Å². The number of ether oxygens (including phenoxy) is 1. The van der Waals surface area contributed by atoms with Crippen LogP contribution in [0.3, 0.4) is 0 Å². The summed E-state index contributed by atoms with van der Waals surface area (Å²) in [4.78, 5) is 13.0. The van der Waals surface area contributed by atoms with Crippen molar-refractivity contribution in [1.29, 1.82) is 0 Å². The summed E-state index contributed by atoms with van der Waals surface area (Å²) >= 11 is 1.42. The molecule has 0 unspecified atom stereocenters. The van der Waals surface area contributed by atoms with Gasteiger partial charge in [-0.25, -0.2) is 4.79 Å². The molecule has 0 aliphatic heterocycles. The van der Waals surface area contributed by atoms with Crippen LogP contribution in [0.4, 0.5) is 16.5 Å². The zero-order valence-electron chi connectivity index (χ0n) is 13.0. The van der Waals surface area contributed by atoms with Gasteiger partial charge in [-0.2, -0.15) is 0 Å². The lowest BCUT2D eigenvalue weighted by molar-refractivity contribution is -0.713. The van der Waals surface area contributed by atoms with E-state index in [1.54, 1.807) is 10.2 Å². The average Bonchev–Trinajstić information content (AvgIpc) is 2.98. The summed E-state index contributed by atoms with van der Waals surface area (Å²) in [5.74, 6) is -0.412. The van der Waals surface area contributed by atoms with Crippen LogP contribution in [0.25, 0.3) is 0 Å². The lowest BCUT2D eigenvalue weighted by atomic mass is 10.2. The standard InChI is InChI=1S/C15H18N5O2S/c1-4-14(21)22-10-9-19(2)13-7-5-12(6-8-13)17-18-15-20(3)16-11-23-15/h4-8,11H,1,9-10H2,2-3H3/q+1. The highest BCUT2D eigenvalue weighted by Crippen LogP contribution is 2.21. The highest BCUT2D eigenvalue weighted by molar-refractivity contribution is 7.12. The van der Waals surface area contributed by atoms with E-state index in [4.69, 9.17) is 4.74 Å². The van der Waals surface area contributed by atoms with Gasteiger partial charge in [0, 0.05) is 18.8 Å². The van der Waals surface area contributed by atoms with Crippen LogP contribution in [0.5, 0.6) is 0 Å². The fourth-order valence-corrected chi connectivity index (χ4v) is 2.27. The van der Waals surface area contributed by atoms with Crippen LogP contribution >= 0.6 is 11.3 Å². The molecule has 1 aromatic heterocycles. The number of rotatable bonds is 7. The predicted octanol–water partition coefficient (Wildman–Crippen LogP) is 2.55. The number of likely N-dealkylation sites (N-methyl/N-ethyl adjacent to an activating group) is 1. The number of azo groups is 1. The number of esters is 1. The zero-order valence-corrected chi connectivity index (χ0v) is 13.9. The average molecular weight is 332 g/mol. The molecule has 1 heterocycles. The molecule has 0 fully saturated rings. The van der Waals surface area contributed by atoms with Crippen LogP contribution in [-0.2, 0) is 16.6 Å². The predicted molar refractivity (Wildman–Crippen MR) is 88.3 cm³/mol. The molecule has 0 atom stereocenters. The number of carbonyl (C=O) groups excluding carboxylic acids is 1. The Morgan fingerprint density at radius 1 is 1.43 bits per heavy atom. The first-order valence-corrected chi connectivity index (χ1v) is 7.80. The Labute approximate surface area is 138 Å². The molecular weight excluding hydrogens is 314 g/mol. The second kappa shape index (κ2) is 8.14. The number of carbonyl (C=O) groups is 1. The highest BCUT2D eigenvalue weighted by Gasteiger charge is 2.09. The van der Waals surface area contributed by atoms with Gasteiger partial charge in [-0.1, -0.05) is 11.7 Å². The van der Waals surface area contributed by atoms with E-state index in [9.17, 15) is 4.79 Å². The number of hydrogen-bond donors (Lipinski definition) is 0. The number of nitrogens with zero attached hydrogens (tertiary/aromatic N) is 5. The minimum absolute atomic E-state index is 0.310. The van der Waals surface area contributed by atoms with Gasteiger partial charge in [0.25, 0.3) is 0 Å². The summed E-state index contributed by atoms with van der Waals surface area (Å²) in [6.07, 6.45) is 1.16. The minimum atomic E-state index is -0.412. The third kappa shape index (κ3) is 4.96. The van der Waals surface area contributed by atoms with Crippen LogP contribution in [0.15, 0.2) is 52.7 Å². The van der Waals surface area contributed by atoms with Gasteiger partial charge in [0.15, 0.2) is 0 Å². The van der Waals surface area contributed by atoms with E-state index in [0.717, 1.165) is 22.6 Å². The molecule has 0 radical (unpaired) electrons. The molecule has 120 valence electrons. The number of anilines is 1. The number of aromatic nitrogens is 2. The van der Waals surface area contributed by atoms with E-state index in [2.05, 4.69) is 21.9 Å². The third-order valence-corrected chi connectivity index (χ3v) is 3.79. The lowest BCUT2D eigenvalue weighted by Crippen LogP contribution is -2.28. The zero-order chi connectivity index (χ0) is 16.7. The molecule has 0 N–H and O–H groups in total. The largest absolute Gasteiger partial charge is 0.461 e. The van der Waals surface area contributed by atoms with Gasteiger partial charge in [-0.05, 0) is 40.7 Å². The van der Waals surface area contributed by atoms with Crippen LogP contribution in [-0.4, -0.2) is 31.3 Å². The first-order chi connectivity index (χ1) is 11.1. The van der Waals surface area contributed by atoms with Crippen molar-refractivity contribution in [2.45, 2.75) is 0 Å². The molecule has 0 spiro atoms. The molecule has 0 saturated heterocycles. The second-order valence-electron chi connectivity index (χ2n) is 4.65. The van der Waals surface area contributed by atoms with Crippen molar-refractivity contribution in [3.8, 4) is 0 Å². The van der Waals surface area contributed by atoms with Gasteiger partial charge in [0.1, 0.15) is 24.9 Å². The normalized spacial score (nSPS) is 10.7. The van der Waals surface area contributed by atoms with E-state index >= 15 is 0 Å². The molecule has 8 heteroatoms. The number of benzene rings is 1. The molecular formula is C15H18N5O2S+. The Balaban J connectivity index is 1.91. The first-order valence-electron chi connectivity index (χ1n) is 6.92. The maximum absolute atomic E-state index is 11.0. The summed E-state index contributed by atoms with van der Waals surface area (Å²) in [6.45, 7) is 4.26. The van der Waals surface area contributed by atoms with Crippen molar-refractivity contribution in [2.24, 2.45) is 17.3 Å². The molecule has 0 amide bonds. The maximum Gasteiger partial charge on any atom is 0.429 e. The topological polar surface area (TPSA) is 71.0 Å². The van der Waals surface area contributed by atoms with Crippen LogP contribution in [0, 0.1) is 0 Å². The summed E-state index contributed by atoms with van der Waals surface area (Å²) in [7, 11) is 3.75. The molecule has 2 aromatic rings. The molecule has 2 rings (SSSR count). The number of hydrogen-bond acceptors (Lipinski definition) is 7. The Bertz CT molecular complexity index is 696. The maximum atomic E-state index is 11.0. The Morgan fingerprint density at radius 3 is 2.78 bits per heavy atom. The highest BCUT2D eigenvalue weighted by atomic mass is 32.1. The molecule has 1 aromatic carbocycles. The van der Waals surface area contributed by atoms with Gasteiger partial charge in [-0.15, -0.1) is 4.68 Å². The third-order valence-electron chi connectivity index (χ3n) is 3.03. The van der Waals surface area contributed by atoms with Crippen LogP contribution in [0.2, 0.25) is 0 Å². The summed E-state index contributed by atoms with van der Waals surface area (Å²) < 4.78 is 6.63. The van der Waals surface area contributed by atoms with Gasteiger partial charge in [-0.3, -0.25) is 0 Å². The van der Waals surface area contributed by atoms with Crippen molar-refractivity contribution in [2.75, 3.05) is 25.1 Å². The molecule has 0 bridgehead atoms. The van der Waals surface area contributed by atoms with Gasteiger partial charge >= 0.3 is 11.1 Å². The van der Waals surface area contributed by atoms with Gasteiger partial charge in [0.2, 0.25) is 0 Å². The Morgan fingerprint density at radius 2 is 2.17 bits per heavy atom. The Hall–Kier alpha value is -2.61. The quantitative estimate of drug-likeness (QED) is 0.338. The molecule has 7 nitrogen and oxygen atoms in total. The van der Waals surface area contributed by atoms with Crippen molar-refractivity contribution in [3.63, 3.8) is 0 Å². The smallest absolute Gasteiger partial charge is 0.429 e. The minimum Gasteiger partial charge on any atom is -0.461 e. The number of aryl methyl sites for hydroxylation is 1. The lowest BCUT2D eigenvalue weighted by Gasteiger charge is -2.18. The fourth-order valence-electron chi connectivity index (χ4n) is 1.70. The molecule has 0 saturated carbocycles. The van der Waals surface area contributed by atoms with Crippen molar-refractivity contribution >= 4 is 33.8 Å². The second-order valence-corrected chi connectivity index (χ2v) is 5.47. The summed E-state index contributed by atoms with van der Waals surface area (Å²) in [5, 5.41) is 13.1. The van der Waals surface area contributed by atoms with Crippen LogP contribution < -0.4 is 9.58 Å². The van der Waals surface area contributed by atoms with E-state index < -0.39 is 5.97 Å².